The van der Waals surface area contributed by atoms with Crippen LogP contribution in [0.4, 0.5) is 0 Å². The van der Waals surface area contributed by atoms with E-state index in [2.05, 4.69) is 14.1 Å². The van der Waals surface area contributed by atoms with Gasteiger partial charge in [-0.05, 0) is 75.3 Å². The Hall–Kier alpha value is -5.72. The minimum Gasteiger partial charge on any atom is -0.496 e. The zero-order chi connectivity index (χ0) is 50.6. The Morgan fingerprint density at radius 2 is 0.986 bits per heavy atom. The predicted molar refractivity (Wildman–Crippen MR) is 261 cm³/mol. The van der Waals surface area contributed by atoms with Gasteiger partial charge < -0.3 is 67.7 Å². The number of rotatable bonds is 24. The number of aliphatic hydroxyl groups is 5. The molecule has 0 amide bonds. The van der Waals surface area contributed by atoms with Crippen LogP contribution in [0.3, 0.4) is 0 Å². The number of hydrogen-bond acceptors (Lipinski definition) is 14. The van der Waals surface area contributed by atoms with Gasteiger partial charge in [-0.1, -0.05) is 12.1 Å². The predicted octanol–water partition coefficient (Wildman–Crippen LogP) is 4.89. The second-order valence-electron chi connectivity index (χ2n) is 18.6. The lowest BCUT2D eigenvalue weighted by atomic mass is 9.83. The number of esters is 2. The molecule has 0 saturated carbocycles. The van der Waals surface area contributed by atoms with E-state index in [1.54, 1.807) is 28.4 Å². The number of fused-ring (bicyclic) bond motifs is 2. The first-order chi connectivity index (χ1) is 33.7. The van der Waals surface area contributed by atoms with Crippen molar-refractivity contribution in [1.29, 1.82) is 0 Å². The van der Waals surface area contributed by atoms with Crippen molar-refractivity contribution in [3.63, 3.8) is 0 Å². The molecule has 2 heterocycles. The molecule has 0 saturated heterocycles. The van der Waals surface area contributed by atoms with Crippen LogP contribution in [0.1, 0.15) is 86.1 Å². The minimum absolute atomic E-state index is 0.0343. The second kappa shape index (κ2) is 24.4. The van der Waals surface area contributed by atoms with Gasteiger partial charge in [-0.3, -0.25) is 0 Å². The normalized spacial score (nSPS) is 19.5. The number of carbonyl (C=O) groups excluding carboxylic acids is 2. The molecule has 4 aromatic rings. The Bertz CT molecular complexity index is 2270. The van der Waals surface area contributed by atoms with Crippen LogP contribution in [-0.4, -0.2) is 135 Å². The van der Waals surface area contributed by atoms with Crippen molar-refractivity contribution in [2.45, 2.75) is 83.6 Å². The van der Waals surface area contributed by atoms with E-state index in [-0.39, 0.29) is 58.3 Å². The number of quaternary nitrogens is 2. The summed E-state index contributed by atoms with van der Waals surface area (Å²) in [7, 11) is 12.3. The number of carbonyl (C=O) groups is 2. The third-order valence-electron chi connectivity index (χ3n) is 14.5. The third kappa shape index (κ3) is 12.1. The molecule has 4 unspecified atom stereocenters. The lowest BCUT2D eigenvalue weighted by molar-refractivity contribution is -0.941. The van der Waals surface area contributed by atoms with Crippen LogP contribution in [0.5, 0.6) is 28.7 Å². The highest BCUT2D eigenvalue weighted by atomic mass is 16.5. The summed E-state index contributed by atoms with van der Waals surface area (Å²) in [5, 5.41) is 50.7. The highest BCUT2D eigenvalue weighted by Gasteiger charge is 2.41. The molecule has 0 fully saturated rings. The number of benzene rings is 4. The van der Waals surface area contributed by atoms with Gasteiger partial charge in [-0.15, -0.1) is 0 Å². The van der Waals surface area contributed by atoms with Gasteiger partial charge in [0.2, 0.25) is 0 Å². The van der Waals surface area contributed by atoms with Crippen LogP contribution in [-0.2, 0) is 77.8 Å². The molecule has 5 N–H and O–H groups in total. The van der Waals surface area contributed by atoms with Crippen molar-refractivity contribution >= 4 is 11.9 Å². The summed E-state index contributed by atoms with van der Waals surface area (Å²) in [6, 6.07) is 15.6. The maximum atomic E-state index is 12.9. The summed E-state index contributed by atoms with van der Waals surface area (Å²) < 4.78 is 40.6. The van der Waals surface area contributed by atoms with Gasteiger partial charge in [0.1, 0.15) is 17.8 Å². The monoisotopic (exact) mass is 972 g/mol. The molecule has 4 atom stereocenters. The average Bonchev–Trinajstić information content (AvgIpc) is 3.38. The number of ether oxygens (including phenoxy) is 7. The summed E-state index contributed by atoms with van der Waals surface area (Å²) in [5.41, 5.74) is 9.40. The van der Waals surface area contributed by atoms with Gasteiger partial charge in [0, 0.05) is 72.9 Å². The van der Waals surface area contributed by atoms with E-state index in [1.807, 2.05) is 48.5 Å². The highest BCUT2D eigenvalue weighted by Crippen LogP contribution is 2.44. The molecule has 2 aliphatic rings. The van der Waals surface area contributed by atoms with Gasteiger partial charge in [-0.25, -0.2) is 9.59 Å². The van der Waals surface area contributed by atoms with Gasteiger partial charge in [0.25, 0.3) is 0 Å². The second-order valence-corrected chi connectivity index (χ2v) is 18.6. The topological polar surface area (TPSA) is 200 Å². The van der Waals surface area contributed by atoms with Crippen molar-refractivity contribution < 1.29 is 77.2 Å². The molecular formula is C54H72N2O14+2. The number of aliphatic hydroxyl groups excluding tert-OH is 5. The standard InChI is InChI=1S/C54H72N2O14/c1-55(16-12-37-26-39(30-57)40(31-58)27-43(37)46(55)22-35-20-41(32-59)45(34-61)48(24-35)64-3)14-8-18-69-52(62)10-11-53(63)70-19-9-15-56(2)17-13-38-28-49(65-4)50(66-5)29-44(38)47(56)23-36-21-42(33-60)54(68-7)51(25-36)67-6/h10-11,20-21,24-29,46-47,57-61H,8-9,12-19,22-23,30-34H2,1-7H3/q+2/b11-10-. The van der Waals surface area contributed by atoms with Crippen LogP contribution < -0.4 is 23.7 Å². The molecular weight excluding hydrogens is 901 g/mol. The molecule has 4 aromatic carbocycles. The van der Waals surface area contributed by atoms with Crippen LogP contribution in [0.25, 0.3) is 0 Å². The summed E-state index contributed by atoms with van der Waals surface area (Å²) in [6.45, 7) is 2.01. The fourth-order valence-corrected chi connectivity index (χ4v) is 10.6. The molecule has 16 heteroatoms. The molecule has 380 valence electrons. The van der Waals surface area contributed by atoms with Gasteiger partial charge in [-0.2, -0.15) is 0 Å². The van der Waals surface area contributed by atoms with Crippen LogP contribution in [0.2, 0.25) is 0 Å². The minimum atomic E-state index is -0.656. The number of likely N-dealkylation sites (N-methyl/N-ethyl adjacent to an activating group) is 2. The zero-order valence-electron chi connectivity index (χ0n) is 41.8. The molecule has 70 heavy (non-hydrogen) atoms. The lowest BCUT2D eigenvalue weighted by Gasteiger charge is -2.46. The molecule has 0 spiro atoms. The fraction of sp³-hybridized carbons (Fsp3) is 0.481. The Balaban J connectivity index is 1.07. The largest absolute Gasteiger partial charge is 0.496 e. The van der Waals surface area contributed by atoms with Gasteiger partial charge in [0.05, 0.1) is 122 Å². The number of methoxy groups -OCH3 is 5. The van der Waals surface area contributed by atoms with Gasteiger partial charge >= 0.3 is 11.9 Å². The first-order valence-electron chi connectivity index (χ1n) is 23.8. The fourth-order valence-electron chi connectivity index (χ4n) is 10.6. The Labute approximate surface area is 411 Å². The molecule has 6 rings (SSSR count). The van der Waals surface area contributed by atoms with Crippen LogP contribution >= 0.6 is 0 Å². The quantitative estimate of drug-likeness (QED) is 0.0275. The summed E-state index contributed by atoms with van der Waals surface area (Å²) in [5.74, 6) is 1.52. The number of hydrogen-bond donors (Lipinski definition) is 5. The third-order valence-corrected chi connectivity index (χ3v) is 14.5. The molecule has 0 aliphatic carbocycles. The van der Waals surface area contributed by atoms with Gasteiger partial charge in [0.15, 0.2) is 23.0 Å². The van der Waals surface area contributed by atoms with Crippen molar-refractivity contribution in [1.82, 2.24) is 0 Å². The van der Waals surface area contributed by atoms with Crippen molar-refractivity contribution in [3.05, 3.63) is 122 Å². The van der Waals surface area contributed by atoms with E-state index < -0.39 is 11.9 Å². The van der Waals surface area contributed by atoms with E-state index in [0.717, 1.165) is 71.5 Å². The van der Waals surface area contributed by atoms with E-state index in [4.69, 9.17) is 33.2 Å². The molecule has 16 nitrogen and oxygen atoms in total. The molecule has 0 bridgehead atoms. The maximum absolute atomic E-state index is 12.9. The molecule has 0 radical (unpaired) electrons. The first kappa shape index (κ1) is 53.6. The van der Waals surface area contributed by atoms with E-state index in [1.165, 1.54) is 7.11 Å². The smallest absolute Gasteiger partial charge is 0.331 e. The summed E-state index contributed by atoms with van der Waals surface area (Å²) in [4.78, 5) is 25.7. The van der Waals surface area contributed by atoms with E-state index >= 15 is 0 Å². The van der Waals surface area contributed by atoms with Crippen LogP contribution in [0.15, 0.2) is 60.7 Å². The Kier molecular flexibility index (Phi) is 18.7. The zero-order valence-corrected chi connectivity index (χ0v) is 41.8. The number of nitrogens with zero attached hydrogens (tertiary/aromatic N) is 2. The van der Waals surface area contributed by atoms with Crippen molar-refractivity contribution in [2.24, 2.45) is 0 Å². The molecule has 0 aromatic heterocycles. The lowest BCUT2D eigenvalue weighted by Crippen LogP contribution is -2.52. The van der Waals surface area contributed by atoms with Crippen molar-refractivity contribution in [3.8, 4) is 28.7 Å². The first-order valence-corrected chi connectivity index (χ1v) is 23.8. The van der Waals surface area contributed by atoms with Crippen LogP contribution in [0, 0.1) is 0 Å². The summed E-state index contributed by atoms with van der Waals surface area (Å²) in [6.07, 6.45) is 5.98. The summed E-state index contributed by atoms with van der Waals surface area (Å²) >= 11 is 0. The Morgan fingerprint density at radius 1 is 0.529 bits per heavy atom. The van der Waals surface area contributed by atoms with E-state index in [9.17, 15) is 35.1 Å². The SMILES string of the molecule is COc1cc2c(cc1OC)C(Cc1cc(CO)c(OC)c(OC)c1)[N+](C)(CCCOC(=O)/C=C\C(=O)OCCC[N+]1(C)CCc3cc(CO)c(CO)cc3C1Cc1cc(CO)c(CO)c(OC)c1)CC2. The maximum Gasteiger partial charge on any atom is 0.331 e. The average molecular weight is 973 g/mol. The van der Waals surface area contributed by atoms with Crippen molar-refractivity contribution in [2.75, 3.05) is 89.0 Å². The van der Waals surface area contributed by atoms with E-state index in [0.29, 0.717) is 104 Å². The highest BCUT2D eigenvalue weighted by molar-refractivity contribution is 5.91. The molecule has 2 aliphatic heterocycles. The Morgan fingerprint density at radius 3 is 1.47 bits per heavy atom.